The number of aliphatic hydroxyl groups is 1. The van der Waals surface area contributed by atoms with E-state index >= 15 is 0 Å². The molecule has 1 aliphatic rings. The maximum absolute atomic E-state index is 13.7. The quantitative estimate of drug-likeness (QED) is 0.0249. The summed E-state index contributed by atoms with van der Waals surface area (Å²) in [6.07, 6.45) is 0.978. The van der Waals surface area contributed by atoms with Crippen molar-refractivity contribution in [3.05, 3.63) is 29.8 Å². The van der Waals surface area contributed by atoms with Crippen LogP contribution in [0.1, 0.15) is 65.4 Å². The van der Waals surface area contributed by atoms with Crippen LogP contribution in [-0.2, 0) is 49.6 Å². The summed E-state index contributed by atoms with van der Waals surface area (Å²) in [6.45, 7) is 4.51. The zero-order valence-electron chi connectivity index (χ0n) is 35.8. The lowest BCUT2D eigenvalue weighted by molar-refractivity contribution is -0.150. The molecule has 1 heterocycles. The number of amides is 8. The Hall–Kier alpha value is -6.56. The van der Waals surface area contributed by atoms with Gasteiger partial charge in [-0.15, -0.1) is 0 Å². The maximum Gasteiger partial charge on any atom is 0.326 e. The smallest absolute Gasteiger partial charge is 0.326 e. The number of carbonyl (C=O) groups is 9. The molecular weight excluding hydrogens is 829 g/mol. The summed E-state index contributed by atoms with van der Waals surface area (Å²) in [5.41, 5.74) is 16.7. The van der Waals surface area contributed by atoms with Crippen molar-refractivity contribution in [2.75, 3.05) is 32.8 Å². The molecular formula is C39H62N12O12. The normalized spacial score (nSPS) is 16.2. The highest BCUT2D eigenvalue weighted by molar-refractivity contribution is 5.97. The van der Waals surface area contributed by atoms with E-state index in [4.69, 9.17) is 17.2 Å². The van der Waals surface area contributed by atoms with E-state index in [1.165, 1.54) is 38.1 Å². The van der Waals surface area contributed by atoms with Gasteiger partial charge in [0.25, 0.3) is 0 Å². The van der Waals surface area contributed by atoms with Crippen molar-refractivity contribution in [2.24, 2.45) is 28.1 Å². The minimum Gasteiger partial charge on any atom is -0.508 e. The minimum atomic E-state index is -1.50. The first-order chi connectivity index (χ1) is 29.6. The summed E-state index contributed by atoms with van der Waals surface area (Å²) in [6, 6.07) is -2.81. The van der Waals surface area contributed by atoms with E-state index in [2.05, 4.69) is 42.2 Å². The summed E-state index contributed by atoms with van der Waals surface area (Å²) in [4.78, 5) is 121. The molecule has 1 saturated heterocycles. The molecule has 0 radical (unpaired) electrons. The number of phenols is 1. The number of hydrogen-bond donors (Lipinski definition) is 13. The molecule has 0 saturated carbocycles. The topological polar surface area (TPSA) is 392 Å². The van der Waals surface area contributed by atoms with Crippen LogP contribution in [-0.4, -0.2) is 154 Å². The average Bonchev–Trinajstić information content (AvgIpc) is 3.72. The number of rotatable bonds is 25. The number of hydrogen-bond acceptors (Lipinski definition) is 13. The first-order valence-corrected chi connectivity index (χ1v) is 20.4. The summed E-state index contributed by atoms with van der Waals surface area (Å²) in [7, 11) is 0. The summed E-state index contributed by atoms with van der Waals surface area (Å²) in [5.74, 6) is -7.84. The molecule has 2 rings (SSSR count). The van der Waals surface area contributed by atoms with Gasteiger partial charge in [0.05, 0.1) is 25.7 Å². The summed E-state index contributed by atoms with van der Waals surface area (Å²) >= 11 is 0. The third kappa shape index (κ3) is 18.5. The fourth-order valence-corrected chi connectivity index (χ4v) is 6.25. The highest BCUT2D eigenvalue weighted by atomic mass is 16.4. The van der Waals surface area contributed by atoms with Crippen molar-refractivity contribution in [2.45, 2.75) is 109 Å². The van der Waals surface area contributed by atoms with Gasteiger partial charge in [-0.1, -0.05) is 26.0 Å². The third-order valence-corrected chi connectivity index (χ3v) is 9.60. The van der Waals surface area contributed by atoms with Crippen molar-refractivity contribution in [1.82, 2.24) is 42.1 Å². The Balaban J connectivity index is 2.10. The lowest BCUT2D eigenvalue weighted by Gasteiger charge is -2.28. The van der Waals surface area contributed by atoms with E-state index < -0.39 is 115 Å². The van der Waals surface area contributed by atoms with Crippen LogP contribution >= 0.6 is 0 Å². The molecule has 63 heavy (non-hydrogen) atoms. The van der Waals surface area contributed by atoms with Crippen molar-refractivity contribution >= 4 is 59.2 Å². The molecule has 16 N–H and O–H groups in total. The number of carboxylic acids is 1. The van der Waals surface area contributed by atoms with Crippen LogP contribution in [0.5, 0.6) is 5.75 Å². The second-order valence-electron chi connectivity index (χ2n) is 15.5. The van der Waals surface area contributed by atoms with Crippen LogP contribution in [0.4, 0.5) is 0 Å². The average molecular weight is 891 g/mol. The lowest BCUT2D eigenvalue weighted by Crippen LogP contribution is -2.59. The number of aliphatic carboxylic acids is 1. The molecule has 8 amide bonds. The highest BCUT2D eigenvalue weighted by Gasteiger charge is 2.38. The molecule has 350 valence electrons. The number of guanidine groups is 1. The Morgan fingerprint density at radius 3 is 1.95 bits per heavy atom. The summed E-state index contributed by atoms with van der Waals surface area (Å²) in [5, 5.41) is 46.3. The van der Waals surface area contributed by atoms with Gasteiger partial charge in [0.1, 0.15) is 42.0 Å². The fourth-order valence-electron chi connectivity index (χ4n) is 6.25. The molecule has 0 unspecified atom stereocenters. The molecule has 0 bridgehead atoms. The summed E-state index contributed by atoms with van der Waals surface area (Å²) < 4.78 is 0. The fraction of sp³-hybridized carbons (Fsp3) is 0.590. The molecule has 24 heteroatoms. The van der Waals surface area contributed by atoms with E-state index in [1.54, 1.807) is 13.8 Å². The molecule has 0 spiro atoms. The van der Waals surface area contributed by atoms with E-state index in [9.17, 15) is 58.5 Å². The van der Waals surface area contributed by atoms with Gasteiger partial charge in [0.2, 0.25) is 47.3 Å². The second kappa shape index (κ2) is 26.0. The van der Waals surface area contributed by atoms with Crippen LogP contribution in [0.2, 0.25) is 0 Å². The predicted molar refractivity (Wildman–Crippen MR) is 226 cm³/mol. The van der Waals surface area contributed by atoms with Crippen molar-refractivity contribution < 1.29 is 58.5 Å². The van der Waals surface area contributed by atoms with E-state index in [1.807, 2.05) is 0 Å². The third-order valence-electron chi connectivity index (χ3n) is 9.60. The van der Waals surface area contributed by atoms with Crippen molar-refractivity contribution in [1.29, 1.82) is 0 Å². The number of nitrogens with one attached hydrogen (secondary N) is 7. The first kappa shape index (κ1) is 52.6. The Kier molecular flexibility index (Phi) is 21.7. The molecule has 24 nitrogen and oxygen atoms in total. The highest BCUT2D eigenvalue weighted by Crippen LogP contribution is 2.19. The first-order valence-electron chi connectivity index (χ1n) is 20.4. The number of aliphatic hydroxyl groups excluding tert-OH is 1. The number of nitrogens with zero attached hydrogens (tertiary/aromatic N) is 2. The minimum absolute atomic E-state index is 0.0642. The van der Waals surface area contributed by atoms with E-state index in [0.29, 0.717) is 18.4 Å². The Morgan fingerprint density at radius 1 is 0.762 bits per heavy atom. The van der Waals surface area contributed by atoms with Crippen LogP contribution in [0, 0.1) is 5.92 Å². The number of carboxylic acid groups (broad SMARTS) is 1. The number of nitrogens with two attached hydrogens (primary N) is 3. The SMILES string of the molecule is CC(C)C[C@H](NC(=O)CNC(=O)CNC(=O)[C@H](CCCN=C(N)N)NC(=O)[C@H](C)N)C(=O)N[C@@H](Cc1ccc(O)cc1)C(=O)N[C@@H](C)C(=O)N[C@@H](CO)C(=O)N1CCC[C@H]1C(=O)O. The number of carbonyl (C=O) groups excluding carboxylic acids is 8. The Bertz CT molecular complexity index is 1810. The zero-order chi connectivity index (χ0) is 47.4. The van der Waals surface area contributed by atoms with Gasteiger partial charge in [0.15, 0.2) is 5.96 Å². The maximum atomic E-state index is 13.7. The molecule has 0 aromatic heterocycles. The molecule has 1 aromatic rings. The van der Waals surface area contributed by atoms with Crippen LogP contribution < -0.4 is 54.4 Å². The van der Waals surface area contributed by atoms with E-state index in [-0.39, 0.29) is 56.4 Å². The standard InChI is InChI=1S/C39H62N12O12/c1-20(2)15-26(47-31(55)18-44-30(54)17-45-34(58)25(48-32(56)21(3)40)7-5-13-43-39(41)42)36(60)49-27(16-23-9-11-24(53)12-10-23)35(59)46-22(4)33(57)50-28(19-52)37(61)51-14-6-8-29(51)38(62)63/h9-12,20-22,25-29,52-53H,5-8,13-19,40H2,1-4H3,(H,44,54)(H,45,58)(H,46,59)(H,47,55)(H,48,56)(H,49,60)(H,50,57)(H,62,63)(H4,41,42,43)/t21-,22-,25-,26-,27-,28-,29-/m0/s1. The molecule has 1 aliphatic heterocycles. The molecule has 7 atom stereocenters. The largest absolute Gasteiger partial charge is 0.508 e. The molecule has 0 aliphatic carbocycles. The van der Waals surface area contributed by atoms with Crippen LogP contribution in [0.3, 0.4) is 0 Å². The zero-order valence-corrected chi connectivity index (χ0v) is 35.8. The van der Waals surface area contributed by atoms with Gasteiger partial charge in [-0.25, -0.2) is 4.79 Å². The van der Waals surface area contributed by atoms with Crippen molar-refractivity contribution in [3.8, 4) is 5.75 Å². The number of likely N-dealkylation sites (tertiary alicyclic amines) is 1. The van der Waals surface area contributed by atoms with Crippen LogP contribution in [0.25, 0.3) is 0 Å². The van der Waals surface area contributed by atoms with Gasteiger partial charge in [-0.3, -0.25) is 43.3 Å². The predicted octanol–water partition coefficient (Wildman–Crippen LogP) is -4.87. The lowest BCUT2D eigenvalue weighted by atomic mass is 10.0. The number of aliphatic imine (C=N–C) groups is 1. The number of phenolic OH excluding ortho intramolecular Hbond substituents is 1. The van der Waals surface area contributed by atoms with Crippen molar-refractivity contribution in [3.63, 3.8) is 0 Å². The van der Waals surface area contributed by atoms with Gasteiger partial charge in [0, 0.05) is 19.5 Å². The number of benzene rings is 1. The molecule has 1 fully saturated rings. The van der Waals surface area contributed by atoms with Gasteiger partial charge >= 0.3 is 5.97 Å². The second-order valence-corrected chi connectivity index (χ2v) is 15.5. The van der Waals surface area contributed by atoms with Crippen LogP contribution in [0.15, 0.2) is 29.3 Å². The van der Waals surface area contributed by atoms with Gasteiger partial charge in [-0.05, 0) is 69.6 Å². The molecule has 1 aromatic carbocycles. The monoisotopic (exact) mass is 890 g/mol. The Morgan fingerprint density at radius 2 is 1.37 bits per heavy atom. The van der Waals surface area contributed by atoms with Gasteiger partial charge in [-0.2, -0.15) is 0 Å². The Labute approximate surface area is 364 Å². The van der Waals surface area contributed by atoms with E-state index in [0.717, 1.165) is 4.90 Å². The number of aromatic hydroxyl groups is 1. The van der Waals surface area contributed by atoms with Gasteiger partial charge < -0.3 is 74.6 Å².